The summed E-state index contributed by atoms with van der Waals surface area (Å²) < 4.78 is 7.59. The van der Waals surface area contributed by atoms with Gasteiger partial charge in [-0.1, -0.05) is 12.1 Å². The molecule has 0 aliphatic heterocycles. The minimum Gasteiger partial charge on any atom is -0.484 e. The van der Waals surface area contributed by atoms with Gasteiger partial charge in [0.1, 0.15) is 5.75 Å². The lowest BCUT2D eigenvalue weighted by Crippen LogP contribution is -2.37. The Hall–Kier alpha value is -2.27. The molecular formula is C18H25N3O2. The van der Waals surface area contributed by atoms with Gasteiger partial charge in [0.2, 0.25) is 0 Å². The molecule has 2 aromatic rings. The summed E-state index contributed by atoms with van der Waals surface area (Å²) in [6, 6.07) is 11.9. The Morgan fingerprint density at radius 2 is 2.09 bits per heavy atom. The Labute approximate surface area is 137 Å². The molecule has 0 aliphatic rings. The number of hydrogen-bond acceptors (Lipinski definition) is 3. The van der Waals surface area contributed by atoms with Crippen LogP contribution in [0.1, 0.15) is 17.3 Å². The molecule has 1 atom stereocenters. The smallest absolute Gasteiger partial charge is 0.258 e. The summed E-state index contributed by atoms with van der Waals surface area (Å²) in [4.78, 5) is 14.1. The molecule has 5 nitrogen and oxygen atoms in total. The second kappa shape index (κ2) is 7.83. The van der Waals surface area contributed by atoms with Crippen molar-refractivity contribution in [2.24, 2.45) is 7.05 Å². The van der Waals surface area contributed by atoms with Gasteiger partial charge in [0.25, 0.3) is 5.91 Å². The molecule has 0 radical (unpaired) electrons. The molecule has 1 aromatic heterocycles. The van der Waals surface area contributed by atoms with Gasteiger partial charge < -0.3 is 14.6 Å². The fraction of sp³-hybridized carbons (Fsp3) is 0.389. The van der Waals surface area contributed by atoms with Crippen molar-refractivity contribution in [3.05, 3.63) is 53.9 Å². The molecule has 0 aliphatic carbocycles. The molecule has 2 rings (SSSR count). The number of likely N-dealkylation sites (N-methyl/N-ethyl adjacent to an activating group) is 1. The van der Waals surface area contributed by atoms with E-state index in [-0.39, 0.29) is 18.6 Å². The van der Waals surface area contributed by atoms with Crippen LogP contribution in [-0.2, 0) is 11.8 Å². The Morgan fingerprint density at radius 1 is 1.30 bits per heavy atom. The van der Waals surface area contributed by atoms with Crippen molar-refractivity contribution < 1.29 is 9.53 Å². The van der Waals surface area contributed by atoms with Gasteiger partial charge in [0.15, 0.2) is 6.61 Å². The highest BCUT2D eigenvalue weighted by Crippen LogP contribution is 2.17. The van der Waals surface area contributed by atoms with Crippen molar-refractivity contribution in [3.8, 4) is 5.75 Å². The molecule has 0 fully saturated rings. The number of hydrogen-bond donors (Lipinski definition) is 1. The SMILES string of the molecule is Cc1cccc(OCC(=O)NCC(c2cccn2C)N(C)C)c1. The zero-order chi connectivity index (χ0) is 16.8. The summed E-state index contributed by atoms with van der Waals surface area (Å²) in [5.74, 6) is 0.597. The highest BCUT2D eigenvalue weighted by atomic mass is 16.5. The largest absolute Gasteiger partial charge is 0.484 e. The summed E-state index contributed by atoms with van der Waals surface area (Å²) >= 11 is 0. The summed E-state index contributed by atoms with van der Waals surface area (Å²) in [7, 11) is 6.02. The number of carbonyl (C=O) groups is 1. The summed E-state index contributed by atoms with van der Waals surface area (Å²) in [6.45, 7) is 2.56. The Bertz CT molecular complexity index is 649. The normalized spacial score (nSPS) is 12.2. The van der Waals surface area contributed by atoms with Gasteiger partial charge in [0, 0.05) is 25.5 Å². The fourth-order valence-corrected chi connectivity index (χ4v) is 2.49. The number of aromatic nitrogens is 1. The van der Waals surface area contributed by atoms with Crippen LogP contribution < -0.4 is 10.1 Å². The second-order valence-electron chi connectivity index (χ2n) is 5.93. The quantitative estimate of drug-likeness (QED) is 0.851. The predicted molar refractivity (Wildman–Crippen MR) is 91.5 cm³/mol. The van der Waals surface area contributed by atoms with E-state index in [9.17, 15) is 4.79 Å². The number of carbonyl (C=O) groups excluding carboxylic acids is 1. The molecule has 0 spiro atoms. The molecular weight excluding hydrogens is 290 g/mol. The van der Waals surface area contributed by atoms with Crippen LogP contribution in [0.3, 0.4) is 0 Å². The second-order valence-corrected chi connectivity index (χ2v) is 5.93. The van der Waals surface area contributed by atoms with Gasteiger partial charge >= 0.3 is 0 Å². The summed E-state index contributed by atoms with van der Waals surface area (Å²) in [5.41, 5.74) is 2.27. The molecule has 1 N–H and O–H groups in total. The molecule has 1 aromatic carbocycles. The first-order valence-electron chi connectivity index (χ1n) is 7.71. The molecule has 1 unspecified atom stereocenters. The third-order valence-corrected chi connectivity index (χ3v) is 3.80. The molecule has 23 heavy (non-hydrogen) atoms. The standard InChI is InChI=1S/C18H25N3O2/c1-14-7-5-8-15(11-14)23-13-18(22)19-12-17(20(2)3)16-9-6-10-21(16)4/h5-11,17H,12-13H2,1-4H3,(H,19,22). The van der Waals surface area contributed by atoms with Crippen LogP contribution in [0.15, 0.2) is 42.6 Å². The van der Waals surface area contributed by atoms with Gasteiger partial charge in [0.05, 0.1) is 6.04 Å². The van der Waals surface area contributed by atoms with Crippen molar-refractivity contribution in [3.63, 3.8) is 0 Å². The lowest BCUT2D eigenvalue weighted by atomic mass is 10.2. The molecule has 5 heteroatoms. The van der Waals surface area contributed by atoms with Crippen LogP contribution in [0.5, 0.6) is 5.75 Å². The van der Waals surface area contributed by atoms with Crippen molar-refractivity contribution in [2.45, 2.75) is 13.0 Å². The van der Waals surface area contributed by atoms with Crippen LogP contribution >= 0.6 is 0 Å². The van der Waals surface area contributed by atoms with Crippen LogP contribution in [0.25, 0.3) is 0 Å². The number of aryl methyl sites for hydroxylation is 2. The first-order valence-corrected chi connectivity index (χ1v) is 7.71. The number of nitrogens with one attached hydrogen (secondary N) is 1. The van der Waals surface area contributed by atoms with Crippen molar-refractivity contribution in [1.29, 1.82) is 0 Å². The van der Waals surface area contributed by atoms with Gasteiger partial charge in [-0.15, -0.1) is 0 Å². The van der Waals surface area contributed by atoms with E-state index in [0.717, 1.165) is 11.3 Å². The van der Waals surface area contributed by atoms with Gasteiger partial charge in [-0.3, -0.25) is 9.69 Å². The lowest BCUT2D eigenvalue weighted by Gasteiger charge is -2.25. The molecule has 1 heterocycles. The summed E-state index contributed by atoms with van der Waals surface area (Å²) in [6.07, 6.45) is 2.01. The zero-order valence-electron chi connectivity index (χ0n) is 14.2. The fourth-order valence-electron chi connectivity index (χ4n) is 2.49. The van der Waals surface area contributed by atoms with Gasteiger partial charge in [-0.2, -0.15) is 0 Å². The number of benzene rings is 1. The predicted octanol–water partition coefficient (Wildman–Crippen LogP) is 2.13. The molecule has 1 amide bonds. The van der Waals surface area contributed by atoms with E-state index in [1.165, 1.54) is 0 Å². The zero-order valence-corrected chi connectivity index (χ0v) is 14.2. The number of ether oxygens (including phenoxy) is 1. The highest BCUT2D eigenvalue weighted by Gasteiger charge is 2.17. The van der Waals surface area contributed by atoms with E-state index >= 15 is 0 Å². The first kappa shape index (κ1) is 17.1. The minimum atomic E-state index is -0.118. The van der Waals surface area contributed by atoms with E-state index in [1.807, 2.05) is 64.6 Å². The minimum absolute atomic E-state index is 0.0245. The van der Waals surface area contributed by atoms with Crippen molar-refractivity contribution in [2.75, 3.05) is 27.2 Å². The van der Waals surface area contributed by atoms with Crippen LogP contribution in [0, 0.1) is 6.92 Å². The number of nitrogens with zero attached hydrogens (tertiary/aromatic N) is 2. The average Bonchev–Trinajstić information content (AvgIpc) is 2.91. The Kier molecular flexibility index (Phi) is 5.82. The molecule has 0 saturated carbocycles. The number of rotatable bonds is 7. The van der Waals surface area contributed by atoms with E-state index in [1.54, 1.807) is 0 Å². The third kappa shape index (κ3) is 4.86. The summed E-state index contributed by atoms with van der Waals surface area (Å²) in [5, 5.41) is 2.95. The van der Waals surface area contributed by atoms with E-state index in [4.69, 9.17) is 4.74 Å². The van der Waals surface area contributed by atoms with E-state index in [0.29, 0.717) is 12.3 Å². The first-order chi connectivity index (χ1) is 11.0. The van der Waals surface area contributed by atoms with E-state index < -0.39 is 0 Å². The third-order valence-electron chi connectivity index (χ3n) is 3.80. The lowest BCUT2D eigenvalue weighted by molar-refractivity contribution is -0.123. The van der Waals surface area contributed by atoms with Gasteiger partial charge in [-0.25, -0.2) is 0 Å². The molecule has 124 valence electrons. The van der Waals surface area contributed by atoms with Gasteiger partial charge in [-0.05, 0) is 50.8 Å². The average molecular weight is 315 g/mol. The maximum absolute atomic E-state index is 12.0. The van der Waals surface area contributed by atoms with Crippen molar-refractivity contribution in [1.82, 2.24) is 14.8 Å². The highest BCUT2D eigenvalue weighted by molar-refractivity contribution is 5.77. The maximum Gasteiger partial charge on any atom is 0.258 e. The number of amides is 1. The van der Waals surface area contributed by atoms with E-state index in [2.05, 4.69) is 20.9 Å². The van der Waals surface area contributed by atoms with Crippen LogP contribution in [0.2, 0.25) is 0 Å². The van der Waals surface area contributed by atoms with Crippen LogP contribution in [-0.4, -0.2) is 42.6 Å². The molecule has 0 saturated heterocycles. The Morgan fingerprint density at radius 3 is 2.70 bits per heavy atom. The molecule has 0 bridgehead atoms. The van der Waals surface area contributed by atoms with Crippen LogP contribution in [0.4, 0.5) is 0 Å². The topological polar surface area (TPSA) is 46.5 Å². The monoisotopic (exact) mass is 315 g/mol. The maximum atomic E-state index is 12.0. The Balaban J connectivity index is 1.86. The van der Waals surface area contributed by atoms with Crippen molar-refractivity contribution >= 4 is 5.91 Å².